The number of carboxylic acid groups (broad SMARTS) is 1. The molecule has 1 aliphatic heterocycles. The third-order valence-corrected chi connectivity index (χ3v) is 4.53. The second kappa shape index (κ2) is 6.61. The SMILES string of the molecule is CC(=O)N1C(=O)C(C(C)(NNc2ccccc2)C(=O)O)c2ccccc21. The summed E-state index contributed by atoms with van der Waals surface area (Å²) >= 11 is 0. The maximum absolute atomic E-state index is 12.9. The molecule has 0 bridgehead atoms. The normalized spacial score (nSPS) is 18.2. The smallest absolute Gasteiger partial charge is 0.326 e. The van der Waals surface area contributed by atoms with Gasteiger partial charge in [0, 0.05) is 12.6 Å². The molecule has 2 aromatic rings. The number of hydrogen-bond acceptors (Lipinski definition) is 5. The molecule has 2 unspecified atom stereocenters. The Bertz CT molecular complexity index is 868. The minimum absolute atomic E-state index is 0.420. The minimum atomic E-state index is -1.67. The number of carboxylic acids is 1. The lowest BCUT2D eigenvalue weighted by atomic mass is 9.81. The van der Waals surface area contributed by atoms with Crippen LogP contribution in [0.3, 0.4) is 0 Å². The molecule has 0 aromatic heterocycles. The fourth-order valence-corrected chi connectivity index (χ4v) is 3.17. The molecule has 7 heteroatoms. The summed E-state index contributed by atoms with van der Waals surface area (Å²) in [6.45, 7) is 2.71. The lowest BCUT2D eigenvalue weighted by molar-refractivity contribution is -0.147. The molecule has 0 radical (unpaired) electrons. The highest BCUT2D eigenvalue weighted by molar-refractivity contribution is 6.22. The van der Waals surface area contributed by atoms with E-state index in [1.54, 1.807) is 48.5 Å². The third kappa shape index (κ3) is 2.82. The largest absolute Gasteiger partial charge is 0.480 e. The van der Waals surface area contributed by atoms with E-state index in [1.165, 1.54) is 13.8 Å². The first-order valence-corrected chi connectivity index (χ1v) is 8.11. The Balaban J connectivity index is 2.01. The van der Waals surface area contributed by atoms with Gasteiger partial charge in [-0.25, -0.2) is 10.3 Å². The first-order valence-electron chi connectivity index (χ1n) is 8.11. The van der Waals surface area contributed by atoms with E-state index in [0.29, 0.717) is 16.9 Å². The lowest BCUT2D eigenvalue weighted by Gasteiger charge is -2.32. The Morgan fingerprint density at radius 3 is 2.31 bits per heavy atom. The van der Waals surface area contributed by atoms with Crippen LogP contribution in [0, 0.1) is 0 Å². The van der Waals surface area contributed by atoms with Crippen molar-refractivity contribution in [3.63, 3.8) is 0 Å². The van der Waals surface area contributed by atoms with Crippen LogP contribution in [0.4, 0.5) is 11.4 Å². The van der Waals surface area contributed by atoms with E-state index in [2.05, 4.69) is 10.9 Å². The quantitative estimate of drug-likeness (QED) is 0.712. The topological polar surface area (TPSA) is 98.7 Å². The van der Waals surface area contributed by atoms with E-state index in [0.717, 1.165) is 4.90 Å². The van der Waals surface area contributed by atoms with Crippen LogP contribution in [0.25, 0.3) is 0 Å². The van der Waals surface area contributed by atoms with Gasteiger partial charge < -0.3 is 10.5 Å². The monoisotopic (exact) mass is 353 g/mol. The molecule has 134 valence electrons. The predicted molar refractivity (Wildman–Crippen MR) is 96.6 cm³/mol. The number of nitrogens with zero attached hydrogens (tertiary/aromatic N) is 1. The molecule has 0 saturated carbocycles. The average Bonchev–Trinajstić information content (AvgIpc) is 2.92. The van der Waals surface area contributed by atoms with Gasteiger partial charge in [-0.1, -0.05) is 36.4 Å². The molecule has 7 nitrogen and oxygen atoms in total. The fraction of sp³-hybridized carbons (Fsp3) is 0.211. The van der Waals surface area contributed by atoms with Crippen LogP contribution in [-0.4, -0.2) is 28.4 Å². The molecule has 2 amide bonds. The molecule has 3 N–H and O–H groups in total. The van der Waals surface area contributed by atoms with E-state index < -0.39 is 29.2 Å². The molecule has 0 saturated heterocycles. The molecule has 1 heterocycles. The van der Waals surface area contributed by atoms with Crippen molar-refractivity contribution >= 4 is 29.2 Å². The lowest BCUT2D eigenvalue weighted by Crippen LogP contribution is -2.58. The first-order chi connectivity index (χ1) is 12.4. The summed E-state index contributed by atoms with van der Waals surface area (Å²) in [5.74, 6) is -3.28. The van der Waals surface area contributed by atoms with Crippen molar-refractivity contribution in [2.24, 2.45) is 0 Å². The van der Waals surface area contributed by atoms with Crippen LogP contribution < -0.4 is 15.8 Å². The van der Waals surface area contributed by atoms with Gasteiger partial charge in [0.05, 0.1) is 11.6 Å². The van der Waals surface area contributed by atoms with Crippen LogP contribution in [0.5, 0.6) is 0 Å². The van der Waals surface area contributed by atoms with Crippen molar-refractivity contribution in [3.05, 3.63) is 60.2 Å². The molecule has 0 fully saturated rings. The highest BCUT2D eigenvalue weighted by Crippen LogP contribution is 2.43. The van der Waals surface area contributed by atoms with Crippen LogP contribution in [0.2, 0.25) is 0 Å². The van der Waals surface area contributed by atoms with Crippen molar-refractivity contribution in [3.8, 4) is 0 Å². The summed E-state index contributed by atoms with van der Waals surface area (Å²) < 4.78 is 0. The Hall–Kier alpha value is -3.19. The summed E-state index contributed by atoms with van der Waals surface area (Å²) in [4.78, 5) is 38.0. The van der Waals surface area contributed by atoms with Gasteiger partial charge in [-0.2, -0.15) is 0 Å². The van der Waals surface area contributed by atoms with Crippen LogP contribution in [-0.2, 0) is 14.4 Å². The summed E-state index contributed by atoms with van der Waals surface area (Å²) in [6.07, 6.45) is 0. The van der Waals surface area contributed by atoms with Crippen molar-refractivity contribution < 1.29 is 19.5 Å². The Labute approximate surface area is 150 Å². The van der Waals surface area contributed by atoms with E-state index in [4.69, 9.17) is 0 Å². The van der Waals surface area contributed by atoms with Gasteiger partial charge >= 0.3 is 5.97 Å². The number of rotatable bonds is 5. The molecule has 3 rings (SSSR count). The molecular weight excluding hydrogens is 334 g/mol. The Kier molecular flexibility index (Phi) is 4.48. The number of carbonyl (C=O) groups excluding carboxylic acids is 2. The molecule has 0 spiro atoms. The van der Waals surface area contributed by atoms with Gasteiger partial charge in [0.15, 0.2) is 0 Å². The summed E-state index contributed by atoms with van der Waals surface area (Å²) in [5, 5.41) is 9.88. The number of para-hydroxylation sites is 2. The van der Waals surface area contributed by atoms with Gasteiger partial charge in [-0.15, -0.1) is 0 Å². The van der Waals surface area contributed by atoms with Gasteiger partial charge in [-0.3, -0.25) is 14.4 Å². The Morgan fingerprint density at radius 1 is 1.08 bits per heavy atom. The number of benzene rings is 2. The van der Waals surface area contributed by atoms with E-state index >= 15 is 0 Å². The van der Waals surface area contributed by atoms with E-state index in [9.17, 15) is 19.5 Å². The number of imide groups is 1. The zero-order chi connectivity index (χ0) is 18.9. The Morgan fingerprint density at radius 2 is 1.69 bits per heavy atom. The molecular formula is C19H19N3O4. The number of aliphatic carboxylic acids is 1. The van der Waals surface area contributed by atoms with Crippen molar-refractivity contribution in [1.82, 2.24) is 5.43 Å². The van der Waals surface area contributed by atoms with Gasteiger partial charge in [0.2, 0.25) is 11.8 Å². The summed E-state index contributed by atoms with van der Waals surface area (Å²) in [5.41, 5.74) is 5.53. The number of anilines is 2. The van der Waals surface area contributed by atoms with Crippen molar-refractivity contribution in [1.29, 1.82) is 0 Å². The number of hydrazine groups is 1. The predicted octanol–water partition coefficient (Wildman–Crippen LogP) is 2.12. The molecule has 2 aromatic carbocycles. The number of hydrogen-bond donors (Lipinski definition) is 3. The second-order valence-electron chi connectivity index (χ2n) is 6.31. The van der Waals surface area contributed by atoms with Crippen LogP contribution in [0.1, 0.15) is 25.3 Å². The molecule has 1 aliphatic rings. The van der Waals surface area contributed by atoms with E-state index in [1.807, 2.05) is 6.07 Å². The van der Waals surface area contributed by atoms with Gasteiger partial charge in [0.1, 0.15) is 5.54 Å². The molecule has 2 atom stereocenters. The van der Waals surface area contributed by atoms with Crippen LogP contribution >= 0.6 is 0 Å². The minimum Gasteiger partial charge on any atom is -0.480 e. The highest BCUT2D eigenvalue weighted by Gasteiger charge is 2.53. The van der Waals surface area contributed by atoms with Crippen molar-refractivity contribution in [2.45, 2.75) is 25.3 Å². The summed E-state index contributed by atoms with van der Waals surface area (Å²) in [7, 11) is 0. The number of amides is 2. The van der Waals surface area contributed by atoms with Gasteiger partial charge in [-0.05, 0) is 30.7 Å². The van der Waals surface area contributed by atoms with Crippen LogP contribution in [0.15, 0.2) is 54.6 Å². The maximum Gasteiger partial charge on any atom is 0.326 e. The number of fused-ring (bicyclic) bond motifs is 1. The van der Waals surface area contributed by atoms with Gasteiger partial charge in [0.25, 0.3) is 0 Å². The zero-order valence-electron chi connectivity index (χ0n) is 14.4. The number of nitrogens with one attached hydrogen (secondary N) is 2. The molecule has 26 heavy (non-hydrogen) atoms. The fourth-order valence-electron chi connectivity index (χ4n) is 3.17. The maximum atomic E-state index is 12.9. The number of carbonyl (C=O) groups is 3. The molecule has 0 aliphatic carbocycles. The highest BCUT2D eigenvalue weighted by atomic mass is 16.4. The summed E-state index contributed by atoms with van der Waals surface area (Å²) in [6, 6.07) is 15.7. The third-order valence-electron chi connectivity index (χ3n) is 4.53. The van der Waals surface area contributed by atoms with Crippen molar-refractivity contribution in [2.75, 3.05) is 10.3 Å². The second-order valence-corrected chi connectivity index (χ2v) is 6.31. The van der Waals surface area contributed by atoms with E-state index in [-0.39, 0.29) is 0 Å². The first kappa shape index (κ1) is 17.6. The standard InChI is InChI=1S/C19H19N3O4/c1-12(23)22-15-11-7-6-10-14(15)16(17(22)24)19(2,18(25)26)21-20-13-8-4-3-5-9-13/h3-11,16,20-21H,1-2H3,(H,25,26). The average molecular weight is 353 g/mol. The zero-order valence-corrected chi connectivity index (χ0v) is 14.4.